The van der Waals surface area contributed by atoms with Crippen molar-refractivity contribution < 1.29 is 10.0 Å². The Morgan fingerprint density at radius 1 is 1.18 bits per heavy atom. The number of benzene rings is 1. The van der Waals surface area contributed by atoms with Crippen molar-refractivity contribution in [2.24, 2.45) is 0 Å². The zero-order valence-corrected chi connectivity index (χ0v) is 10.6. The van der Waals surface area contributed by atoms with Crippen LogP contribution in [-0.2, 0) is 5.60 Å². The summed E-state index contributed by atoms with van der Waals surface area (Å²) in [5.74, 6) is 0. The maximum absolute atomic E-state index is 11.0. The fourth-order valence-electron chi connectivity index (χ4n) is 3.67. The number of aliphatic hydroxyl groups is 1. The van der Waals surface area contributed by atoms with Crippen LogP contribution in [0.4, 0.5) is 0 Å². The number of nitrogens with one attached hydrogen (secondary N) is 1. The van der Waals surface area contributed by atoms with Gasteiger partial charge in [0.15, 0.2) is 0 Å². The SMILES string of the molecule is Cc1ccc([C@@]2(O)CC[NH+]3CCCC[C@@H]32)cc1. The Morgan fingerprint density at radius 3 is 2.71 bits per heavy atom. The van der Waals surface area contributed by atoms with E-state index in [9.17, 15) is 5.11 Å². The van der Waals surface area contributed by atoms with E-state index >= 15 is 0 Å². The van der Waals surface area contributed by atoms with Crippen LogP contribution in [0.25, 0.3) is 0 Å². The molecule has 92 valence electrons. The van der Waals surface area contributed by atoms with E-state index in [4.69, 9.17) is 0 Å². The Balaban J connectivity index is 1.92. The van der Waals surface area contributed by atoms with E-state index in [1.54, 1.807) is 4.90 Å². The summed E-state index contributed by atoms with van der Waals surface area (Å²) in [5, 5.41) is 11.0. The van der Waals surface area contributed by atoms with E-state index in [2.05, 4.69) is 31.2 Å². The largest absolute Gasteiger partial charge is 0.379 e. The number of rotatable bonds is 1. The molecule has 1 aromatic carbocycles. The van der Waals surface area contributed by atoms with Crippen molar-refractivity contribution in [3.8, 4) is 0 Å². The lowest BCUT2D eigenvalue weighted by Crippen LogP contribution is -3.15. The summed E-state index contributed by atoms with van der Waals surface area (Å²) >= 11 is 0. The molecule has 2 heterocycles. The lowest BCUT2D eigenvalue weighted by molar-refractivity contribution is -0.921. The second-order valence-corrected chi connectivity index (χ2v) is 5.75. The molecule has 0 aliphatic carbocycles. The first-order chi connectivity index (χ1) is 8.20. The molecule has 1 aromatic rings. The molecule has 0 spiro atoms. The molecule has 0 aromatic heterocycles. The van der Waals surface area contributed by atoms with E-state index < -0.39 is 5.60 Å². The van der Waals surface area contributed by atoms with Crippen molar-refractivity contribution in [3.05, 3.63) is 35.4 Å². The highest BCUT2D eigenvalue weighted by Crippen LogP contribution is 2.34. The van der Waals surface area contributed by atoms with Gasteiger partial charge in [0.1, 0.15) is 11.6 Å². The average Bonchev–Trinajstić information content (AvgIpc) is 2.70. The Labute approximate surface area is 103 Å². The van der Waals surface area contributed by atoms with Crippen LogP contribution in [-0.4, -0.2) is 24.2 Å². The van der Waals surface area contributed by atoms with Gasteiger partial charge in [0.05, 0.1) is 13.1 Å². The van der Waals surface area contributed by atoms with Crippen LogP contribution < -0.4 is 4.90 Å². The quantitative estimate of drug-likeness (QED) is 0.742. The first-order valence-corrected chi connectivity index (χ1v) is 6.84. The van der Waals surface area contributed by atoms with Crippen molar-refractivity contribution >= 4 is 0 Å². The molecule has 2 heteroatoms. The minimum Gasteiger partial charge on any atom is -0.379 e. The molecule has 0 bridgehead atoms. The minimum atomic E-state index is -0.566. The first-order valence-electron chi connectivity index (χ1n) is 6.84. The highest BCUT2D eigenvalue weighted by Gasteiger charge is 2.51. The van der Waals surface area contributed by atoms with E-state index in [0.717, 1.165) is 18.5 Å². The fourth-order valence-corrected chi connectivity index (χ4v) is 3.67. The molecular weight excluding hydrogens is 210 g/mol. The van der Waals surface area contributed by atoms with Crippen LogP contribution in [0, 0.1) is 6.92 Å². The molecule has 2 aliphatic heterocycles. The molecule has 2 fully saturated rings. The number of fused-ring (bicyclic) bond motifs is 1. The van der Waals surface area contributed by atoms with E-state index in [0.29, 0.717) is 6.04 Å². The minimum absolute atomic E-state index is 0.430. The molecule has 17 heavy (non-hydrogen) atoms. The highest BCUT2D eigenvalue weighted by atomic mass is 16.3. The molecule has 2 N–H and O–H groups in total. The summed E-state index contributed by atoms with van der Waals surface area (Å²) in [6.45, 7) is 4.48. The fraction of sp³-hybridized carbons (Fsp3) is 0.600. The molecule has 0 amide bonds. The normalized spacial score (nSPS) is 36.8. The van der Waals surface area contributed by atoms with Gasteiger partial charge in [-0.05, 0) is 25.3 Å². The number of hydrogen-bond acceptors (Lipinski definition) is 1. The number of quaternary nitrogens is 1. The van der Waals surface area contributed by atoms with Gasteiger partial charge in [-0.2, -0.15) is 0 Å². The predicted molar refractivity (Wildman–Crippen MR) is 68.0 cm³/mol. The summed E-state index contributed by atoms with van der Waals surface area (Å²) in [6.07, 6.45) is 4.72. The zero-order valence-electron chi connectivity index (χ0n) is 10.6. The number of piperidine rings is 1. The monoisotopic (exact) mass is 232 g/mol. The topological polar surface area (TPSA) is 24.7 Å². The first kappa shape index (κ1) is 11.2. The molecule has 2 nitrogen and oxygen atoms in total. The van der Waals surface area contributed by atoms with Gasteiger partial charge in [0, 0.05) is 12.8 Å². The van der Waals surface area contributed by atoms with Crippen LogP contribution in [0.1, 0.15) is 36.8 Å². The molecule has 0 saturated carbocycles. The Morgan fingerprint density at radius 2 is 1.94 bits per heavy atom. The maximum Gasteiger partial charge on any atom is 0.146 e. The molecule has 3 atom stereocenters. The van der Waals surface area contributed by atoms with Crippen LogP contribution in [0.3, 0.4) is 0 Å². The molecular formula is C15H22NO+. The van der Waals surface area contributed by atoms with Gasteiger partial charge in [-0.25, -0.2) is 0 Å². The number of aryl methyl sites for hydroxylation is 1. The van der Waals surface area contributed by atoms with Crippen LogP contribution >= 0.6 is 0 Å². The molecule has 3 rings (SSSR count). The van der Waals surface area contributed by atoms with Gasteiger partial charge < -0.3 is 10.0 Å². The van der Waals surface area contributed by atoms with Crippen molar-refractivity contribution in [1.82, 2.24) is 0 Å². The van der Waals surface area contributed by atoms with Crippen molar-refractivity contribution in [1.29, 1.82) is 0 Å². The van der Waals surface area contributed by atoms with Crippen molar-refractivity contribution in [2.75, 3.05) is 13.1 Å². The zero-order chi connectivity index (χ0) is 11.9. The van der Waals surface area contributed by atoms with E-state index in [-0.39, 0.29) is 0 Å². The summed E-state index contributed by atoms with van der Waals surface area (Å²) in [7, 11) is 0. The summed E-state index contributed by atoms with van der Waals surface area (Å²) in [4.78, 5) is 1.62. The Kier molecular flexibility index (Phi) is 2.72. The van der Waals surface area contributed by atoms with Crippen molar-refractivity contribution in [2.45, 2.75) is 44.2 Å². The molecule has 1 unspecified atom stereocenters. The highest BCUT2D eigenvalue weighted by molar-refractivity contribution is 5.28. The van der Waals surface area contributed by atoms with Gasteiger partial charge in [0.2, 0.25) is 0 Å². The predicted octanol–water partition coefficient (Wildman–Crippen LogP) is 1.02. The molecule has 2 aliphatic rings. The lowest BCUT2D eigenvalue weighted by atomic mass is 9.83. The number of hydrogen-bond donors (Lipinski definition) is 2. The average molecular weight is 232 g/mol. The summed E-state index contributed by atoms with van der Waals surface area (Å²) in [5.41, 5.74) is 1.83. The third-order valence-electron chi connectivity index (χ3n) is 4.69. The van der Waals surface area contributed by atoms with Gasteiger partial charge in [-0.3, -0.25) is 0 Å². The Hall–Kier alpha value is -0.860. The molecule has 0 radical (unpaired) electrons. The van der Waals surface area contributed by atoms with Gasteiger partial charge in [-0.1, -0.05) is 29.8 Å². The second-order valence-electron chi connectivity index (χ2n) is 5.75. The second kappa shape index (κ2) is 4.11. The van der Waals surface area contributed by atoms with Gasteiger partial charge in [0.25, 0.3) is 0 Å². The lowest BCUT2D eigenvalue weighted by Gasteiger charge is -2.34. The van der Waals surface area contributed by atoms with Crippen LogP contribution in [0.2, 0.25) is 0 Å². The third-order valence-corrected chi connectivity index (χ3v) is 4.69. The Bertz CT molecular complexity index is 400. The summed E-state index contributed by atoms with van der Waals surface area (Å²) in [6, 6.07) is 8.90. The van der Waals surface area contributed by atoms with E-state index in [1.807, 2.05) is 0 Å². The van der Waals surface area contributed by atoms with Crippen LogP contribution in [0.5, 0.6) is 0 Å². The van der Waals surface area contributed by atoms with E-state index in [1.165, 1.54) is 31.4 Å². The molecule has 2 saturated heterocycles. The third kappa shape index (κ3) is 1.80. The van der Waals surface area contributed by atoms with Gasteiger partial charge >= 0.3 is 0 Å². The summed E-state index contributed by atoms with van der Waals surface area (Å²) < 4.78 is 0. The standard InChI is InChI=1S/C15H21NO/c1-12-5-7-13(8-6-12)15(17)9-11-16-10-3-2-4-14(15)16/h5-8,14,17H,2-4,9-11H2,1H3/p+1/t14-,15+/m1/s1. The van der Waals surface area contributed by atoms with Crippen molar-refractivity contribution in [3.63, 3.8) is 0 Å². The maximum atomic E-state index is 11.0. The van der Waals surface area contributed by atoms with Crippen LogP contribution in [0.15, 0.2) is 24.3 Å². The smallest absolute Gasteiger partial charge is 0.146 e. The van der Waals surface area contributed by atoms with Gasteiger partial charge in [-0.15, -0.1) is 0 Å².